The van der Waals surface area contributed by atoms with Crippen LogP contribution in [0.15, 0.2) is 0 Å². The van der Waals surface area contributed by atoms with Crippen molar-refractivity contribution < 1.29 is 29.3 Å². The van der Waals surface area contributed by atoms with Gasteiger partial charge in [0.15, 0.2) is 0 Å². The second kappa shape index (κ2) is 7.60. The number of nitrogens with one attached hydrogen (secondary N) is 1. The minimum absolute atomic E-state index is 0.0151. The fourth-order valence-electron chi connectivity index (χ4n) is 1.33. The summed E-state index contributed by atoms with van der Waals surface area (Å²) in [5.41, 5.74) is -0.698. The number of rotatable bonds is 7. The van der Waals surface area contributed by atoms with E-state index in [1.165, 1.54) is 0 Å². The Morgan fingerprint density at radius 2 is 1.74 bits per heavy atom. The SMILES string of the molecule is CC(C)(C)OC(=O)NC(CCCCC(=O)O)C(=O)O. The molecule has 0 aliphatic heterocycles. The molecule has 1 unspecified atom stereocenters. The minimum atomic E-state index is -1.17. The van der Waals surface area contributed by atoms with E-state index in [1.54, 1.807) is 20.8 Å². The maximum absolute atomic E-state index is 11.4. The Kier molecular flexibility index (Phi) is 6.89. The molecule has 0 saturated carbocycles. The van der Waals surface area contributed by atoms with Crippen molar-refractivity contribution in [2.24, 2.45) is 0 Å². The molecule has 7 nitrogen and oxygen atoms in total. The van der Waals surface area contributed by atoms with Crippen LogP contribution in [0.3, 0.4) is 0 Å². The fourth-order valence-corrected chi connectivity index (χ4v) is 1.33. The number of hydrogen-bond acceptors (Lipinski definition) is 4. The van der Waals surface area contributed by atoms with E-state index in [0.717, 1.165) is 0 Å². The van der Waals surface area contributed by atoms with E-state index in [-0.39, 0.29) is 12.8 Å². The summed E-state index contributed by atoms with van der Waals surface area (Å²) >= 11 is 0. The van der Waals surface area contributed by atoms with Gasteiger partial charge in [0, 0.05) is 6.42 Å². The predicted molar refractivity (Wildman–Crippen MR) is 66.9 cm³/mol. The van der Waals surface area contributed by atoms with Crippen molar-refractivity contribution in [2.45, 2.75) is 58.1 Å². The zero-order valence-corrected chi connectivity index (χ0v) is 11.4. The number of alkyl carbamates (subject to hydrolysis) is 1. The van der Waals surface area contributed by atoms with E-state index in [4.69, 9.17) is 14.9 Å². The van der Waals surface area contributed by atoms with E-state index in [2.05, 4.69) is 5.32 Å². The van der Waals surface area contributed by atoms with Gasteiger partial charge in [-0.1, -0.05) is 6.42 Å². The van der Waals surface area contributed by atoms with Gasteiger partial charge in [-0.05, 0) is 33.6 Å². The Bertz CT molecular complexity index is 334. The smallest absolute Gasteiger partial charge is 0.408 e. The third kappa shape index (κ3) is 9.87. The predicted octanol–water partition coefficient (Wildman–Crippen LogP) is 1.61. The van der Waals surface area contributed by atoms with Crippen LogP contribution in [0.25, 0.3) is 0 Å². The molecule has 0 aromatic heterocycles. The van der Waals surface area contributed by atoms with Gasteiger partial charge in [0.2, 0.25) is 0 Å². The highest BCUT2D eigenvalue weighted by Gasteiger charge is 2.23. The monoisotopic (exact) mass is 275 g/mol. The zero-order valence-electron chi connectivity index (χ0n) is 11.4. The highest BCUT2D eigenvalue weighted by molar-refractivity contribution is 5.79. The Labute approximate surface area is 111 Å². The number of carboxylic acids is 2. The first-order valence-electron chi connectivity index (χ1n) is 6.06. The normalized spacial score (nSPS) is 12.6. The average molecular weight is 275 g/mol. The molecular formula is C12H21NO6. The van der Waals surface area contributed by atoms with Gasteiger partial charge < -0.3 is 20.3 Å². The lowest BCUT2D eigenvalue weighted by atomic mass is 10.1. The molecule has 0 saturated heterocycles. The molecule has 0 heterocycles. The fraction of sp³-hybridized carbons (Fsp3) is 0.750. The third-order valence-corrected chi connectivity index (χ3v) is 2.12. The molecule has 0 aromatic rings. The summed E-state index contributed by atoms with van der Waals surface area (Å²) in [6.45, 7) is 5.03. The first-order chi connectivity index (χ1) is 8.61. The van der Waals surface area contributed by atoms with Gasteiger partial charge in [-0.2, -0.15) is 0 Å². The zero-order chi connectivity index (χ0) is 15.1. The molecule has 0 aromatic carbocycles. The van der Waals surface area contributed by atoms with E-state index in [9.17, 15) is 14.4 Å². The van der Waals surface area contributed by atoms with E-state index >= 15 is 0 Å². The molecular weight excluding hydrogens is 254 g/mol. The lowest BCUT2D eigenvalue weighted by molar-refractivity contribution is -0.139. The first-order valence-corrected chi connectivity index (χ1v) is 6.06. The molecule has 110 valence electrons. The lowest BCUT2D eigenvalue weighted by Crippen LogP contribution is -2.43. The van der Waals surface area contributed by atoms with E-state index in [1.807, 2.05) is 0 Å². The molecule has 0 bridgehead atoms. The Morgan fingerprint density at radius 3 is 2.16 bits per heavy atom. The summed E-state index contributed by atoms with van der Waals surface area (Å²) in [6, 6.07) is -1.07. The molecule has 1 atom stereocenters. The molecule has 0 aliphatic carbocycles. The highest BCUT2D eigenvalue weighted by atomic mass is 16.6. The molecule has 0 fully saturated rings. The summed E-state index contributed by atoms with van der Waals surface area (Å²) in [5, 5.41) is 19.7. The quantitative estimate of drug-likeness (QED) is 0.608. The lowest BCUT2D eigenvalue weighted by Gasteiger charge is -2.21. The van der Waals surface area contributed by atoms with Crippen LogP contribution in [0.4, 0.5) is 4.79 Å². The summed E-state index contributed by atoms with van der Waals surface area (Å²) in [5.74, 6) is -2.09. The summed E-state index contributed by atoms with van der Waals surface area (Å²) in [7, 11) is 0. The van der Waals surface area contributed by atoms with Crippen molar-refractivity contribution in [3.63, 3.8) is 0 Å². The summed E-state index contributed by atoms with van der Waals surface area (Å²) in [4.78, 5) is 32.7. The van der Waals surface area contributed by atoms with Gasteiger partial charge >= 0.3 is 18.0 Å². The number of ether oxygens (including phenoxy) is 1. The van der Waals surface area contributed by atoms with Gasteiger partial charge in [-0.25, -0.2) is 9.59 Å². The van der Waals surface area contributed by atoms with Crippen LogP contribution in [-0.4, -0.2) is 39.9 Å². The standard InChI is InChI=1S/C12H21NO6/c1-12(2,3)19-11(18)13-8(10(16)17)6-4-5-7-9(14)15/h8H,4-7H2,1-3H3,(H,13,18)(H,14,15)(H,16,17). The van der Waals surface area contributed by atoms with Crippen LogP contribution in [0.2, 0.25) is 0 Å². The second-order valence-corrected chi connectivity index (χ2v) is 5.18. The minimum Gasteiger partial charge on any atom is -0.481 e. The topological polar surface area (TPSA) is 113 Å². The maximum atomic E-state index is 11.4. The van der Waals surface area contributed by atoms with Crippen LogP contribution < -0.4 is 5.32 Å². The van der Waals surface area contributed by atoms with Crippen molar-refractivity contribution in [3.8, 4) is 0 Å². The third-order valence-electron chi connectivity index (χ3n) is 2.12. The van der Waals surface area contributed by atoms with Crippen LogP contribution in [-0.2, 0) is 14.3 Å². The van der Waals surface area contributed by atoms with Gasteiger partial charge in [0.25, 0.3) is 0 Å². The van der Waals surface area contributed by atoms with Gasteiger partial charge in [0.1, 0.15) is 11.6 Å². The van der Waals surface area contributed by atoms with Gasteiger partial charge in [-0.15, -0.1) is 0 Å². The Hall–Kier alpha value is -1.79. The number of aliphatic carboxylic acids is 2. The van der Waals surface area contributed by atoms with Crippen molar-refractivity contribution in [2.75, 3.05) is 0 Å². The van der Waals surface area contributed by atoms with Gasteiger partial charge in [-0.3, -0.25) is 4.79 Å². The molecule has 0 spiro atoms. The largest absolute Gasteiger partial charge is 0.481 e. The van der Waals surface area contributed by atoms with Crippen LogP contribution >= 0.6 is 0 Å². The van der Waals surface area contributed by atoms with Crippen molar-refractivity contribution in [3.05, 3.63) is 0 Å². The summed E-state index contributed by atoms with van der Waals surface area (Å²) in [6.07, 6.45) is 0.132. The van der Waals surface area contributed by atoms with E-state index in [0.29, 0.717) is 12.8 Å². The van der Waals surface area contributed by atoms with Crippen LogP contribution in [0.1, 0.15) is 46.5 Å². The number of carboxylic acid groups (broad SMARTS) is 2. The second-order valence-electron chi connectivity index (χ2n) is 5.18. The molecule has 0 rings (SSSR count). The molecule has 19 heavy (non-hydrogen) atoms. The number of amides is 1. The molecule has 7 heteroatoms. The van der Waals surface area contributed by atoms with Crippen molar-refractivity contribution >= 4 is 18.0 Å². The van der Waals surface area contributed by atoms with E-state index < -0.39 is 29.7 Å². The molecule has 3 N–H and O–H groups in total. The van der Waals surface area contributed by atoms with Crippen molar-refractivity contribution in [1.29, 1.82) is 0 Å². The molecule has 0 aliphatic rings. The molecule has 1 amide bonds. The van der Waals surface area contributed by atoms with Crippen molar-refractivity contribution in [1.82, 2.24) is 5.32 Å². The summed E-state index contributed by atoms with van der Waals surface area (Å²) < 4.78 is 4.96. The first kappa shape index (κ1) is 17.2. The van der Waals surface area contributed by atoms with Gasteiger partial charge in [0.05, 0.1) is 0 Å². The number of carbonyl (C=O) groups excluding carboxylic acids is 1. The molecule has 0 radical (unpaired) electrons. The maximum Gasteiger partial charge on any atom is 0.408 e. The Morgan fingerprint density at radius 1 is 1.16 bits per heavy atom. The Balaban J connectivity index is 4.16. The number of carbonyl (C=O) groups is 3. The number of hydrogen-bond donors (Lipinski definition) is 3. The van der Waals surface area contributed by atoms with Crippen LogP contribution in [0, 0.1) is 0 Å². The van der Waals surface area contributed by atoms with Crippen LogP contribution in [0.5, 0.6) is 0 Å². The highest BCUT2D eigenvalue weighted by Crippen LogP contribution is 2.09. The average Bonchev–Trinajstić information content (AvgIpc) is 2.19. The number of unbranched alkanes of at least 4 members (excludes halogenated alkanes) is 1.